The first kappa shape index (κ1) is 12.1. The second kappa shape index (κ2) is 4.05. The molecule has 5 heteroatoms. The summed E-state index contributed by atoms with van der Waals surface area (Å²) in [6.07, 6.45) is 1.91. The van der Waals surface area contributed by atoms with Crippen LogP contribution < -0.4 is 0 Å². The maximum Gasteiger partial charge on any atom is 0.243 e. The standard InChI is InChI=1S/C13H18N2O2S/c1-14-9-7-13(8-10-14)11-15(13)18(16,17)12-5-3-2-4-6-12/h2-6H,7-11H2,1H3. The summed E-state index contributed by atoms with van der Waals surface area (Å²) in [6, 6.07) is 8.74. The Morgan fingerprint density at radius 1 is 1.11 bits per heavy atom. The molecule has 18 heavy (non-hydrogen) atoms. The number of rotatable bonds is 2. The van der Waals surface area contributed by atoms with Crippen molar-refractivity contribution < 1.29 is 8.42 Å². The molecular weight excluding hydrogens is 248 g/mol. The monoisotopic (exact) mass is 266 g/mol. The number of hydrogen-bond acceptors (Lipinski definition) is 3. The van der Waals surface area contributed by atoms with Crippen molar-refractivity contribution in [1.82, 2.24) is 9.21 Å². The highest BCUT2D eigenvalue weighted by Gasteiger charge is 2.59. The number of benzene rings is 1. The topological polar surface area (TPSA) is 40.4 Å². The van der Waals surface area contributed by atoms with Crippen molar-refractivity contribution in [3.05, 3.63) is 30.3 Å². The van der Waals surface area contributed by atoms with Crippen LogP contribution in [0.5, 0.6) is 0 Å². The van der Waals surface area contributed by atoms with Crippen LogP contribution >= 0.6 is 0 Å². The highest BCUT2D eigenvalue weighted by Crippen LogP contribution is 2.45. The molecule has 2 fully saturated rings. The predicted octanol–water partition coefficient (Wildman–Crippen LogP) is 1.16. The molecule has 0 amide bonds. The van der Waals surface area contributed by atoms with Gasteiger partial charge in [-0.3, -0.25) is 0 Å². The number of nitrogens with zero attached hydrogens (tertiary/aromatic N) is 2. The second-order valence-corrected chi connectivity index (χ2v) is 7.21. The molecule has 1 spiro atoms. The number of likely N-dealkylation sites (tertiary alicyclic amines) is 1. The summed E-state index contributed by atoms with van der Waals surface area (Å²) in [6.45, 7) is 2.67. The van der Waals surface area contributed by atoms with Gasteiger partial charge in [0, 0.05) is 6.54 Å². The molecular formula is C13H18N2O2S. The fourth-order valence-electron chi connectivity index (χ4n) is 2.73. The molecule has 2 aliphatic heterocycles. The van der Waals surface area contributed by atoms with Crippen molar-refractivity contribution in [3.63, 3.8) is 0 Å². The van der Waals surface area contributed by atoms with Crippen LogP contribution in [0, 0.1) is 0 Å². The number of piperidine rings is 1. The first-order valence-electron chi connectivity index (χ1n) is 6.31. The third-order valence-corrected chi connectivity index (χ3v) is 6.08. The number of hydrogen-bond donors (Lipinski definition) is 0. The summed E-state index contributed by atoms with van der Waals surface area (Å²) in [5, 5.41) is 0. The SMILES string of the molecule is CN1CCC2(CC1)CN2S(=O)(=O)c1ccccc1. The molecule has 0 bridgehead atoms. The average molecular weight is 266 g/mol. The first-order chi connectivity index (χ1) is 8.55. The number of sulfonamides is 1. The van der Waals surface area contributed by atoms with E-state index in [1.807, 2.05) is 6.07 Å². The van der Waals surface area contributed by atoms with Gasteiger partial charge < -0.3 is 4.90 Å². The first-order valence-corrected chi connectivity index (χ1v) is 7.75. The van der Waals surface area contributed by atoms with Crippen LogP contribution in [0.4, 0.5) is 0 Å². The molecule has 0 aromatic heterocycles. The van der Waals surface area contributed by atoms with Gasteiger partial charge in [-0.05, 0) is 45.1 Å². The maximum absolute atomic E-state index is 12.5. The van der Waals surface area contributed by atoms with Gasteiger partial charge in [-0.25, -0.2) is 8.42 Å². The summed E-state index contributed by atoms with van der Waals surface area (Å²) in [5.41, 5.74) is -0.0822. The van der Waals surface area contributed by atoms with Crippen LogP contribution in [0.15, 0.2) is 35.2 Å². The van der Waals surface area contributed by atoms with Gasteiger partial charge in [0.2, 0.25) is 10.0 Å². The lowest BCUT2D eigenvalue weighted by Gasteiger charge is -2.29. The van der Waals surface area contributed by atoms with Crippen molar-refractivity contribution >= 4 is 10.0 Å². The molecule has 2 saturated heterocycles. The molecule has 1 aromatic rings. The minimum atomic E-state index is -3.28. The quantitative estimate of drug-likeness (QED) is 0.754. The van der Waals surface area contributed by atoms with E-state index < -0.39 is 10.0 Å². The van der Waals surface area contributed by atoms with E-state index in [2.05, 4.69) is 11.9 Å². The molecule has 0 radical (unpaired) electrons. The van der Waals surface area contributed by atoms with Crippen molar-refractivity contribution in [1.29, 1.82) is 0 Å². The van der Waals surface area contributed by atoms with E-state index in [9.17, 15) is 8.42 Å². The summed E-state index contributed by atoms with van der Waals surface area (Å²) in [5.74, 6) is 0. The van der Waals surface area contributed by atoms with Gasteiger partial charge in [-0.2, -0.15) is 4.31 Å². The fourth-order valence-corrected chi connectivity index (χ4v) is 4.59. The van der Waals surface area contributed by atoms with E-state index in [1.54, 1.807) is 28.6 Å². The van der Waals surface area contributed by atoms with E-state index in [4.69, 9.17) is 0 Å². The lowest BCUT2D eigenvalue weighted by molar-refractivity contribution is 0.227. The smallest absolute Gasteiger partial charge is 0.243 e. The van der Waals surface area contributed by atoms with Gasteiger partial charge >= 0.3 is 0 Å². The molecule has 1 atom stereocenters. The molecule has 1 aromatic carbocycles. The van der Waals surface area contributed by atoms with Crippen LogP contribution in [0.2, 0.25) is 0 Å². The van der Waals surface area contributed by atoms with Crippen molar-refractivity contribution in [2.75, 3.05) is 26.7 Å². The van der Waals surface area contributed by atoms with Gasteiger partial charge in [0.15, 0.2) is 0 Å². The summed E-state index contributed by atoms with van der Waals surface area (Å²) in [7, 11) is -1.19. The van der Waals surface area contributed by atoms with Crippen LogP contribution in [0.3, 0.4) is 0 Å². The van der Waals surface area contributed by atoms with E-state index in [-0.39, 0.29) is 5.54 Å². The molecule has 2 heterocycles. The second-order valence-electron chi connectivity index (χ2n) is 5.35. The van der Waals surface area contributed by atoms with Gasteiger partial charge in [0.1, 0.15) is 0 Å². The predicted molar refractivity (Wildman–Crippen MR) is 69.8 cm³/mol. The van der Waals surface area contributed by atoms with Crippen molar-refractivity contribution in [2.45, 2.75) is 23.3 Å². The normalized spacial score (nSPS) is 27.3. The minimum Gasteiger partial charge on any atom is -0.306 e. The van der Waals surface area contributed by atoms with E-state index in [0.717, 1.165) is 25.9 Å². The Balaban J connectivity index is 1.82. The highest BCUT2D eigenvalue weighted by molar-refractivity contribution is 7.89. The molecule has 1 unspecified atom stereocenters. The third-order valence-electron chi connectivity index (χ3n) is 4.11. The minimum absolute atomic E-state index is 0.0822. The molecule has 3 rings (SSSR count). The largest absolute Gasteiger partial charge is 0.306 e. The Labute approximate surface area is 108 Å². The lowest BCUT2D eigenvalue weighted by Crippen LogP contribution is -2.38. The molecule has 4 nitrogen and oxygen atoms in total. The highest BCUT2D eigenvalue weighted by atomic mass is 32.2. The average Bonchev–Trinajstić information content (AvgIpc) is 3.10. The van der Waals surface area contributed by atoms with Crippen LogP contribution in [0.1, 0.15) is 12.8 Å². The molecule has 0 saturated carbocycles. The third kappa shape index (κ3) is 1.86. The zero-order valence-corrected chi connectivity index (χ0v) is 11.4. The Morgan fingerprint density at radius 3 is 2.33 bits per heavy atom. The van der Waals surface area contributed by atoms with E-state index >= 15 is 0 Å². The lowest BCUT2D eigenvalue weighted by atomic mass is 9.97. The summed E-state index contributed by atoms with van der Waals surface area (Å²) < 4.78 is 26.6. The van der Waals surface area contributed by atoms with Crippen molar-refractivity contribution in [2.24, 2.45) is 0 Å². The maximum atomic E-state index is 12.5. The molecule has 0 aliphatic carbocycles. The van der Waals surface area contributed by atoms with E-state index in [0.29, 0.717) is 11.4 Å². The zero-order chi connectivity index (χ0) is 12.8. The van der Waals surface area contributed by atoms with Gasteiger partial charge in [0.05, 0.1) is 10.4 Å². The summed E-state index contributed by atoms with van der Waals surface area (Å²) in [4.78, 5) is 2.68. The Morgan fingerprint density at radius 2 is 1.72 bits per heavy atom. The van der Waals surface area contributed by atoms with Crippen LogP contribution in [-0.2, 0) is 10.0 Å². The van der Waals surface area contributed by atoms with Gasteiger partial charge in [-0.15, -0.1) is 0 Å². The fraction of sp³-hybridized carbons (Fsp3) is 0.538. The Bertz CT molecular complexity index is 533. The molecule has 98 valence electrons. The molecule has 2 aliphatic rings. The Hall–Kier alpha value is -0.910. The van der Waals surface area contributed by atoms with Gasteiger partial charge in [-0.1, -0.05) is 18.2 Å². The Kier molecular flexibility index (Phi) is 2.73. The van der Waals surface area contributed by atoms with E-state index in [1.165, 1.54) is 0 Å². The molecule has 0 N–H and O–H groups in total. The van der Waals surface area contributed by atoms with Crippen LogP contribution in [0.25, 0.3) is 0 Å². The zero-order valence-electron chi connectivity index (χ0n) is 10.5. The van der Waals surface area contributed by atoms with Crippen molar-refractivity contribution in [3.8, 4) is 0 Å². The van der Waals surface area contributed by atoms with Crippen LogP contribution in [-0.4, -0.2) is 49.8 Å². The van der Waals surface area contributed by atoms with Gasteiger partial charge in [0.25, 0.3) is 0 Å². The summed E-state index contributed by atoms with van der Waals surface area (Å²) >= 11 is 0.